The van der Waals surface area contributed by atoms with E-state index in [4.69, 9.17) is 9.97 Å². The molecule has 2 aliphatic carbocycles. The molecule has 2 aromatic heterocycles. The van der Waals surface area contributed by atoms with E-state index in [2.05, 4.69) is 188 Å². The van der Waals surface area contributed by atoms with Gasteiger partial charge in [-0.1, -0.05) is 166 Å². The van der Waals surface area contributed by atoms with Gasteiger partial charge in [-0.05, 0) is 74.3 Å². The molecule has 54 heavy (non-hydrogen) atoms. The van der Waals surface area contributed by atoms with E-state index < -0.39 is 0 Å². The molecule has 7 aromatic carbocycles. The Kier molecular flexibility index (Phi) is 6.72. The van der Waals surface area contributed by atoms with Crippen LogP contribution in [0, 0.1) is 0 Å². The molecule has 256 valence electrons. The van der Waals surface area contributed by atoms with Gasteiger partial charge >= 0.3 is 0 Å². The highest BCUT2D eigenvalue weighted by Gasteiger charge is 2.37. The average Bonchev–Trinajstić information content (AvgIpc) is 3.67. The van der Waals surface area contributed by atoms with E-state index in [9.17, 15) is 0 Å². The highest BCUT2D eigenvalue weighted by atomic mass is 15.2. The molecule has 0 fully saturated rings. The van der Waals surface area contributed by atoms with Gasteiger partial charge in [-0.3, -0.25) is 4.57 Å². The summed E-state index contributed by atoms with van der Waals surface area (Å²) in [6, 6.07) is 57.3. The van der Waals surface area contributed by atoms with Gasteiger partial charge in [0.05, 0.1) is 16.7 Å². The maximum atomic E-state index is 5.45. The standard InChI is InChI=1S/C51H37N3/c1-51(2)43-26-10-8-21-40(43)47-37(23-14-27-44(47)51)35-19-12-20-36(29-35)38-24-13-25-39-42-30-33-17-6-7-18-34(33)31-46(42)54(49(38)39)50-52-45-28-11-9-22-41(45)48(53-50)32-15-4-3-5-16-32/h3-23,25-31,38H,24H2,1-2H3. The third-order valence-corrected chi connectivity index (χ3v) is 11.9. The van der Waals surface area contributed by atoms with E-state index in [1.807, 2.05) is 0 Å². The summed E-state index contributed by atoms with van der Waals surface area (Å²) in [5.74, 6) is 0.793. The number of fused-ring (bicyclic) bond motifs is 8. The second-order valence-electron chi connectivity index (χ2n) is 15.3. The number of aromatic nitrogens is 3. The average molecular weight is 692 g/mol. The van der Waals surface area contributed by atoms with Gasteiger partial charge in [0.25, 0.3) is 0 Å². The lowest BCUT2D eigenvalue weighted by atomic mass is 9.81. The summed E-state index contributed by atoms with van der Waals surface area (Å²) < 4.78 is 2.37. The van der Waals surface area contributed by atoms with Gasteiger partial charge in [0, 0.05) is 38.9 Å². The van der Waals surface area contributed by atoms with E-state index in [1.165, 1.54) is 66.4 Å². The molecule has 0 bridgehead atoms. The molecule has 0 radical (unpaired) electrons. The first-order chi connectivity index (χ1) is 26.5. The van der Waals surface area contributed by atoms with E-state index in [0.717, 1.165) is 34.1 Å². The molecule has 2 heterocycles. The fourth-order valence-electron chi connectivity index (χ4n) is 9.38. The van der Waals surface area contributed by atoms with Gasteiger partial charge in [-0.15, -0.1) is 0 Å². The highest BCUT2D eigenvalue weighted by molar-refractivity contribution is 6.03. The second-order valence-corrected chi connectivity index (χ2v) is 15.3. The maximum absolute atomic E-state index is 5.45. The first-order valence-electron chi connectivity index (χ1n) is 18.9. The molecular formula is C51H37N3. The summed E-state index contributed by atoms with van der Waals surface area (Å²) >= 11 is 0. The van der Waals surface area contributed by atoms with E-state index >= 15 is 0 Å². The van der Waals surface area contributed by atoms with Crippen LogP contribution in [0.4, 0.5) is 0 Å². The largest absolute Gasteiger partial charge is 0.281 e. The monoisotopic (exact) mass is 691 g/mol. The van der Waals surface area contributed by atoms with Crippen molar-refractivity contribution in [3.63, 3.8) is 0 Å². The maximum Gasteiger partial charge on any atom is 0.235 e. The van der Waals surface area contributed by atoms with Crippen LogP contribution in [0.2, 0.25) is 0 Å². The molecule has 0 spiro atoms. The quantitative estimate of drug-likeness (QED) is 0.184. The van der Waals surface area contributed by atoms with Gasteiger partial charge in [0.2, 0.25) is 5.95 Å². The first-order valence-corrected chi connectivity index (χ1v) is 18.9. The number of benzene rings is 7. The Labute approximate surface area is 314 Å². The smallest absolute Gasteiger partial charge is 0.235 e. The van der Waals surface area contributed by atoms with Crippen molar-refractivity contribution in [2.45, 2.75) is 31.6 Å². The topological polar surface area (TPSA) is 30.7 Å². The zero-order valence-electron chi connectivity index (χ0n) is 30.3. The van der Waals surface area contributed by atoms with Crippen LogP contribution in [0.25, 0.3) is 78.1 Å². The summed E-state index contributed by atoms with van der Waals surface area (Å²) in [4.78, 5) is 10.8. The van der Waals surface area contributed by atoms with Crippen LogP contribution in [-0.2, 0) is 5.41 Å². The van der Waals surface area contributed by atoms with Gasteiger partial charge in [0.15, 0.2) is 0 Å². The van der Waals surface area contributed by atoms with Crippen LogP contribution in [0.15, 0.2) is 164 Å². The van der Waals surface area contributed by atoms with Crippen LogP contribution < -0.4 is 0 Å². The summed E-state index contributed by atoms with van der Waals surface area (Å²) in [5, 5.41) is 4.70. The fraction of sp³-hybridized carbons (Fsp3) is 0.0980. The molecule has 0 amide bonds. The normalized spacial score (nSPS) is 15.4. The lowest BCUT2D eigenvalue weighted by Gasteiger charge is -2.24. The van der Waals surface area contributed by atoms with Gasteiger partial charge in [0.1, 0.15) is 0 Å². The third kappa shape index (κ3) is 4.55. The molecule has 11 rings (SSSR count). The zero-order valence-corrected chi connectivity index (χ0v) is 30.3. The molecule has 9 aromatic rings. The molecule has 0 aliphatic heterocycles. The predicted octanol–water partition coefficient (Wildman–Crippen LogP) is 12.9. The van der Waals surface area contributed by atoms with E-state index in [0.29, 0.717) is 5.95 Å². The first kappa shape index (κ1) is 31.0. The molecule has 2 aliphatic rings. The predicted molar refractivity (Wildman–Crippen MR) is 224 cm³/mol. The van der Waals surface area contributed by atoms with Crippen molar-refractivity contribution >= 4 is 38.7 Å². The van der Waals surface area contributed by atoms with Crippen LogP contribution in [-0.4, -0.2) is 14.5 Å². The zero-order chi connectivity index (χ0) is 36.0. The van der Waals surface area contributed by atoms with Crippen molar-refractivity contribution in [1.29, 1.82) is 0 Å². The Hall–Kier alpha value is -6.58. The van der Waals surface area contributed by atoms with E-state index in [1.54, 1.807) is 0 Å². The lowest BCUT2D eigenvalue weighted by molar-refractivity contribution is 0.660. The molecule has 0 N–H and O–H groups in total. The van der Waals surface area contributed by atoms with Gasteiger partial charge in [-0.2, -0.15) is 0 Å². The second kappa shape index (κ2) is 11.7. The molecule has 0 saturated carbocycles. The van der Waals surface area contributed by atoms with Crippen molar-refractivity contribution in [2.75, 3.05) is 0 Å². The van der Waals surface area contributed by atoms with Crippen LogP contribution in [0.1, 0.15) is 54.1 Å². The van der Waals surface area contributed by atoms with Crippen LogP contribution >= 0.6 is 0 Å². The van der Waals surface area contributed by atoms with Crippen molar-refractivity contribution in [3.05, 3.63) is 192 Å². The highest BCUT2D eigenvalue weighted by Crippen LogP contribution is 2.52. The lowest BCUT2D eigenvalue weighted by Crippen LogP contribution is -2.14. The van der Waals surface area contributed by atoms with Crippen LogP contribution in [0.3, 0.4) is 0 Å². The summed E-state index contributed by atoms with van der Waals surface area (Å²) in [7, 11) is 0. The Balaban J connectivity index is 1.16. The Morgan fingerprint density at radius 1 is 0.593 bits per heavy atom. The van der Waals surface area contributed by atoms with Gasteiger partial charge < -0.3 is 0 Å². The molecular weight excluding hydrogens is 655 g/mol. The summed E-state index contributed by atoms with van der Waals surface area (Å²) in [5.41, 5.74) is 15.8. The van der Waals surface area contributed by atoms with E-state index in [-0.39, 0.29) is 11.3 Å². The minimum Gasteiger partial charge on any atom is -0.281 e. The number of hydrogen-bond donors (Lipinski definition) is 0. The third-order valence-electron chi connectivity index (χ3n) is 11.9. The molecule has 0 saturated heterocycles. The van der Waals surface area contributed by atoms with Crippen molar-refractivity contribution in [1.82, 2.24) is 14.5 Å². The number of para-hydroxylation sites is 1. The van der Waals surface area contributed by atoms with Gasteiger partial charge in [-0.25, -0.2) is 9.97 Å². The number of allylic oxidation sites excluding steroid dienone is 1. The van der Waals surface area contributed by atoms with Crippen molar-refractivity contribution in [2.24, 2.45) is 0 Å². The van der Waals surface area contributed by atoms with Crippen molar-refractivity contribution < 1.29 is 0 Å². The molecule has 3 nitrogen and oxygen atoms in total. The summed E-state index contributed by atoms with van der Waals surface area (Å²) in [6.07, 6.45) is 5.56. The SMILES string of the molecule is CC1(C)c2ccccc2-c2c(-c3cccc(C4CC=Cc5c4n(-c4nc(-c6ccccc6)c6ccccc6n4)c4cc6ccccc6cc54)c3)cccc21. The summed E-state index contributed by atoms with van der Waals surface area (Å²) in [6.45, 7) is 4.71. The number of nitrogens with zero attached hydrogens (tertiary/aromatic N) is 3. The minimum atomic E-state index is -0.0500. The minimum absolute atomic E-state index is 0.0500. The van der Waals surface area contributed by atoms with Crippen LogP contribution in [0.5, 0.6) is 0 Å². The Morgan fingerprint density at radius 2 is 1.30 bits per heavy atom. The number of hydrogen-bond acceptors (Lipinski definition) is 2. The molecule has 1 atom stereocenters. The molecule has 3 heteroatoms. The molecule has 1 unspecified atom stereocenters. The Morgan fingerprint density at radius 3 is 2.19 bits per heavy atom. The number of rotatable bonds is 4. The van der Waals surface area contributed by atoms with Crippen molar-refractivity contribution in [3.8, 4) is 39.5 Å². The Bertz CT molecular complexity index is 3000. The fourth-order valence-corrected chi connectivity index (χ4v) is 9.38.